The Kier molecular flexibility index (Phi) is 5.77. The van der Waals surface area contributed by atoms with Crippen molar-refractivity contribution < 1.29 is 24.4 Å². The molecule has 0 bridgehead atoms. The summed E-state index contributed by atoms with van der Waals surface area (Å²) in [6.45, 7) is 2.84. The van der Waals surface area contributed by atoms with E-state index in [1.165, 1.54) is 6.92 Å². The summed E-state index contributed by atoms with van der Waals surface area (Å²) >= 11 is 0. The van der Waals surface area contributed by atoms with Gasteiger partial charge in [-0.1, -0.05) is 12.1 Å². The molecular weight excluding hydrogens is 335 g/mol. The van der Waals surface area contributed by atoms with Gasteiger partial charge in [0.1, 0.15) is 11.5 Å². The van der Waals surface area contributed by atoms with E-state index in [1.54, 1.807) is 12.1 Å². The van der Waals surface area contributed by atoms with E-state index >= 15 is 0 Å². The zero-order chi connectivity index (χ0) is 18.8. The van der Waals surface area contributed by atoms with E-state index in [-0.39, 0.29) is 36.4 Å². The number of nitrogens with two attached hydrogens (primary N) is 1. The molecule has 0 radical (unpaired) electrons. The van der Waals surface area contributed by atoms with Crippen molar-refractivity contribution in [1.29, 1.82) is 0 Å². The molecule has 3 rings (SSSR count). The van der Waals surface area contributed by atoms with Gasteiger partial charge in [-0.05, 0) is 31.4 Å². The summed E-state index contributed by atoms with van der Waals surface area (Å²) in [5.41, 5.74) is 7.14. The van der Waals surface area contributed by atoms with Crippen LogP contribution in [0.15, 0.2) is 18.2 Å². The predicted octanol–water partition coefficient (Wildman–Crippen LogP) is 0.0279. The third kappa shape index (κ3) is 4.15. The van der Waals surface area contributed by atoms with Crippen LogP contribution in [0.25, 0.3) is 0 Å². The molecule has 0 aromatic heterocycles. The van der Waals surface area contributed by atoms with Crippen molar-refractivity contribution in [2.24, 2.45) is 5.73 Å². The Morgan fingerprint density at radius 1 is 1.42 bits per heavy atom. The predicted molar refractivity (Wildman–Crippen MR) is 97.2 cm³/mol. The van der Waals surface area contributed by atoms with Gasteiger partial charge < -0.3 is 20.5 Å². The van der Waals surface area contributed by atoms with Crippen molar-refractivity contribution in [2.75, 3.05) is 19.6 Å². The molecule has 3 atom stereocenters. The molecule has 1 saturated heterocycles. The Morgan fingerprint density at radius 2 is 2.19 bits per heavy atom. The summed E-state index contributed by atoms with van der Waals surface area (Å²) in [5, 5.41) is 20.0. The maximum Gasteiger partial charge on any atom is 0.526 e. The lowest BCUT2D eigenvalue weighted by Gasteiger charge is -2.34. The topological polar surface area (TPSA) is 113 Å². The summed E-state index contributed by atoms with van der Waals surface area (Å²) in [4.78, 5) is 26.1. The Bertz CT molecular complexity index is 698. The molecule has 2 heterocycles. The molecule has 2 unspecified atom stereocenters. The summed E-state index contributed by atoms with van der Waals surface area (Å²) in [6, 6.07) is 4.98. The van der Waals surface area contributed by atoms with Gasteiger partial charge in [-0.3, -0.25) is 14.5 Å². The van der Waals surface area contributed by atoms with Crippen LogP contribution in [0.5, 0.6) is 5.75 Å². The molecule has 8 heteroatoms. The Hall–Kier alpha value is -1.74. The lowest BCUT2D eigenvalue weighted by Crippen LogP contribution is -2.52. The first-order valence-corrected chi connectivity index (χ1v) is 9.00. The summed E-state index contributed by atoms with van der Waals surface area (Å²) in [6.07, 6.45) is 0.730. The fourth-order valence-electron chi connectivity index (χ4n) is 3.73. The van der Waals surface area contributed by atoms with Crippen LogP contribution < -0.4 is 10.4 Å². The van der Waals surface area contributed by atoms with Crippen LogP contribution in [0, 0.1) is 0 Å². The number of piperidine rings is 1. The maximum absolute atomic E-state index is 12.4. The molecule has 2 aliphatic rings. The number of aliphatic hydroxyl groups is 1. The van der Waals surface area contributed by atoms with Gasteiger partial charge in [0, 0.05) is 31.4 Å². The Morgan fingerprint density at radius 3 is 2.88 bits per heavy atom. The van der Waals surface area contributed by atoms with Crippen LogP contribution in [0.4, 0.5) is 0 Å². The molecule has 140 valence electrons. The molecule has 1 aromatic carbocycles. The molecular formula is C18H25BN2O5. The second-order valence-electron chi connectivity index (χ2n) is 7.32. The largest absolute Gasteiger partial charge is 0.535 e. The van der Waals surface area contributed by atoms with Gasteiger partial charge in [0.2, 0.25) is 0 Å². The SMILES string of the molecule is CC(=O)c1cccc2c1OB(O)[C@@H](CC(=O)CN1CCC(O)C(N)C1)C2. The molecule has 1 aromatic rings. The standard InChI is InChI=1S/C18H25BN2O5/c1-11(22)15-4-2-3-12-7-13(19(25)26-18(12)15)8-14(23)9-21-6-5-17(24)16(20)10-21/h2-4,13,16-17,24-25H,5-10,20H2,1H3/t13-,16?,17?/m1/s1. The normalized spacial score (nSPS) is 26.2. The first kappa shape index (κ1) is 19.0. The number of carbonyl (C=O) groups is 2. The minimum atomic E-state index is -1.11. The molecule has 0 spiro atoms. The van der Waals surface area contributed by atoms with Gasteiger partial charge in [0.15, 0.2) is 5.78 Å². The molecule has 26 heavy (non-hydrogen) atoms. The van der Waals surface area contributed by atoms with Crippen molar-refractivity contribution in [2.45, 2.75) is 44.1 Å². The van der Waals surface area contributed by atoms with Crippen LogP contribution >= 0.6 is 0 Å². The number of aliphatic hydroxyl groups excluding tert-OH is 1. The molecule has 0 aliphatic carbocycles. The number of nitrogens with zero attached hydrogens (tertiary/aromatic N) is 1. The van der Waals surface area contributed by atoms with Gasteiger partial charge >= 0.3 is 7.12 Å². The quantitative estimate of drug-likeness (QED) is 0.501. The lowest BCUT2D eigenvalue weighted by atomic mass is 9.64. The number of para-hydroxylation sites is 1. The molecule has 2 aliphatic heterocycles. The van der Waals surface area contributed by atoms with E-state index in [4.69, 9.17) is 10.4 Å². The van der Waals surface area contributed by atoms with Crippen LogP contribution in [0.1, 0.15) is 35.7 Å². The first-order chi connectivity index (χ1) is 12.3. The monoisotopic (exact) mass is 360 g/mol. The second kappa shape index (κ2) is 7.88. The minimum Gasteiger partial charge on any atom is -0.535 e. The number of carbonyl (C=O) groups excluding carboxylic acids is 2. The first-order valence-electron chi connectivity index (χ1n) is 9.00. The van der Waals surface area contributed by atoms with E-state index in [1.807, 2.05) is 11.0 Å². The van der Waals surface area contributed by atoms with Crippen LogP contribution in [0.3, 0.4) is 0 Å². The fourth-order valence-corrected chi connectivity index (χ4v) is 3.73. The minimum absolute atomic E-state index is 0.00686. The second-order valence-corrected chi connectivity index (χ2v) is 7.32. The smallest absolute Gasteiger partial charge is 0.526 e. The van der Waals surface area contributed by atoms with E-state index in [0.29, 0.717) is 37.2 Å². The van der Waals surface area contributed by atoms with Crippen LogP contribution in [-0.4, -0.2) is 65.5 Å². The van der Waals surface area contributed by atoms with Gasteiger partial charge in [0.25, 0.3) is 0 Å². The maximum atomic E-state index is 12.4. The highest BCUT2D eigenvalue weighted by atomic mass is 16.5. The number of benzene rings is 1. The Balaban J connectivity index is 1.61. The highest BCUT2D eigenvalue weighted by Gasteiger charge is 2.37. The molecule has 7 nitrogen and oxygen atoms in total. The van der Waals surface area contributed by atoms with E-state index in [9.17, 15) is 19.7 Å². The van der Waals surface area contributed by atoms with Gasteiger partial charge in [-0.2, -0.15) is 0 Å². The van der Waals surface area contributed by atoms with Gasteiger partial charge in [-0.15, -0.1) is 0 Å². The number of Topliss-reactive ketones (excluding diaryl/α,β-unsaturated/α-hetero) is 2. The zero-order valence-electron chi connectivity index (χ0n) is 14.9. The van der Waals surface area contributed by atoms with Crippen molar-refractivity contribution >= 4 is 18.7 Å². The third-order valence-electron chi connectivity index (χ3n) is 5.19. The number of rotatable bonds is 5. The average Bonchev–Trinajstić information content (AvgIpc) is 2.58. The van der Waals surface area contributed by atoms with Gasteiger partial charge in [-0.25, -0.2) is 0 Å². The number of likely N-dealkylation sites (tertiary alicyclic amines) is 1. The van der Waals surface area contributed by atoms with E-state index in [0.717, 1.165) is 5.56 Å². The number of fused-ring (bicyclic) bond motifs is 1. The lowest BCUT2D eigenvalue weighted by molar-refractivity contribution is -0.121. The number of hydrogen-bond donors (Lipinski definition) is 3. The summed E-state index contributed by atoms with van der Waals surface area (Å²) in [7, 11) is -1.11. The van der Waals surface area contributed by atoms with E-state index < -0.39 is 13.2 Å². The van der Waals surface area contributed by atoms with Crippen molar-refractivity contribution in [3.8, 4) is 5.75 Å². The van der Waals surface area contributed by atoms with Crippen LogP contribution in [-0.2, 0) is 11.2 Å². The summed E-state index contributed by atoms with van der Waals surface area (Å²) < 4.78 is 5.57. The highest BCUT2D eigenvalue weighted by Crippen LogP contribution is 2.36. The summed E-state index contributed by atoms with van der Waals surface area (Å²) in [5.74, 6) is -0.0342. The molecule has 0 amide bonds. The number of hydrogen-bond acceptors (Lipinski definition) is 7. The van der Waals surface area contributed by atoms with Crippen LogP contribution in [0.2, 0.25) is 5.82 Å². The fraction of sp³-hybridized carbons (Fsp3) is 0.556. The van der Waals surface area contributed by atoms with E-state index in [2.05, 4.69) is 0 Å². The average molecular weight is 360 g/mol. The molecule has 1 fully saturated rings. The zero-order valence-corrected chi connectivity index (χ0v) is 14.9. The van der Waals surface area contributed by atoms with Crippen molar-refractivity contribution in [3.05, 3.63) is 29.3 Å². The Labute approximate surface area is 153 Å². The van der Waals surface area contributed by atoms with Crippen molar-refractivity contribution in [1.82, 2.24) is 4.90 Å². The highest BCUT2D eigenvalue weighted by molar-refractivity contribution is 6.47. The third-order valence-corrected chi connectivity index (χ3v) is 5.19. The molecule has 4 N–H and O–H groups in total. The number of ketones is 2. The van der Waals surface area contributed by atoms with Gasteiger partial charge in [0.05, 0.1) is 18.2 Å². The molecule has 0 saturated carbocycles. The van der Waals surface area contributed by atoms with Crippen molar-refractivity contribution in [3.63, 3.8) is 0 Å².